The molecule has 4 nitrogen and oxygen atoms in total. The number of carbonyl (C=O) groups excluding carboxylic acids is 1. The normalized spacial score (nSPS) is 20.9. The maximum atomic E-state index is 13.1. The molecule has 2 aromatic rings. The molecule has 1 saturated heterocycles. The Balaban J connectivity index is 1.92. The van der Waals surface area contributed by atoms with E-state index >= 15 is 0 Å². The van der Waals surface area contributed by atoms with E-state index in [0.717, 1.165) is 19.5 Å². The van der Waals surface area contributed by atoms with Crippen molar-refractivity contribution in [2.24, 2.45) is 11.8 Å². The number of benzene rings is 1. The van der Waals surface area contributed by atoms with Crippen molar-refractivity contribution in [2.45, 2.75) is 20.3 Å². The van der Waals surface area contributed by atoms with Crippen molar-refractivity contribution >= 4 is 5.91 Å². The van der Waals surface area contributed by atoms with Gasteiger partial charge in [-0.15, -0.1) is 0 Å². The highest BCUT2D eigenvalue weighted by Gasteiger charge is 2.26. The number of hydrogen-bond donors (Lipinski definition) is 0. The maximum absolute atomic E-state index is 13.1. The van der Waals surface area contributed by atoms with Gasteiger partial charge in [0.15, 0.2) is 0 Å². The van der Waals surface area contributed by atoms with E-state index in [0.29, 0.717) is 23.1 Å². The second kappa shape index (κ2) is 6.59. The Morgan fingerprint density at radius 1 is 1.04 bits per heavy atom. The molecule has 0 aliphatic carbocycles. The Hall–Kier alpha value is -2.43. The van der Waals surface area contributed by atoms with Crippen molar-refractivity contribution in [1.29, 1.82) is 0 Å². The molecular weight excluding hydrogens is 307 g/mol. The molecular formula is C19H21FN2O2. The van der Waals surface area contributed by atoms with E-state index in [2.05, 4.69) is 13.8 Å². The average molecular weight is 328 g/mol. The highest BCUT2D eigenvalue weighted by Crippen LogP contribution is 2.22. The molecule has 1 aliphatic heterocycles. The van der Waals surface area contributed by atoms with E-state index in [4.69, 9.17) is 0 Å². The fourth-order valence-electron chi connectivity index (χ4n) is 3.43. The molecule has 0 N–H and O–H groups in total. The first-order chi connectivity index (χ1) is 11.4. The van der Waals surface area contributed by atoms with Crippen molar-refractivity contribution in [3.05, 3.63) is 64.3 Å². The first-order valence-corrected chi connectivity index (χ1v) is 8.22. The summed E-state index contributed by atoms with van der Waals surface area (Å²) < 4.78 is 14.5. The fraction of sp³-hybridized carbons (Fsp3) is 0.368. The first kappa shape index (κ1) is 16.4. The summed E-state index contributed by atoms with van der Waals surface area (Å²) in [5.74, 6) is 0.515. The van der Waals surface area contributed by atoms with Gasteiger partial charge in [-0.05, 0) is 48.6 Å². The van der Waals surface area contributed by atoms with Crippen LogP contribution in [0.15, 0.2) is 47.4 Å². The highest BCUT2D eigenvalue weighted by molar-refractivity contribution is 5.94. The maximum Gasteiger partial charge on any atom is 0.255 e. The molecule has 1 aromatic carbocycles. The van der Waals surface area contributed by atoms with E-state index in [9.17, 15) is 14.0 Å². The molecule has 2 heterocycles. The summed E-state index contributed by atoms with van der Waals surface area (Å²) in [5.41, 5.74) is 0.759. The fourth-order valence-corrected chi connectivity index (χ4v) is 3.43. The van der Waals surface area contributed by atoms with Crippen LogP contribution in [0.1, 0.15) is 30.6 Å². The highest BCUT2D eigenvalue weighted by atomic mass is 19.1. The van der Waals surface area contributed by atoms with Gasteiger partial charge in [0.05, 0.1) is 5.56 Å². The second-order valence-corrected chi connectivity index (χ2v) is 6.76. The summed E-state index contributed by atoms with van der Waals surface area (Å²) in [5, 5.41) is 0. The summed E-state index contributed by atoms with van der Waals surface area (Å²) >= 11 is 0. The molecule has 1 fully saturated rings. The van der Waals surface area contributed by atoms with Gasteiger partial charge < -0.3 is 4.90 Å². The molecule has 2 atom stereocenters. The van der Waals surface area contributed by atoms with Crippen LogP contribution in [-0.4, -0.2) is 28.5 Å². The number of amides is 1. The monoisotopic (exact) mass is 328 g/mol. The summed E-state index contributed by atoms with van der Waals surface area (Å²) in [6.45, 7) is 5.77. The molecule has 1 aromatic heterocycles. The SMILES string of the molecule is CC1CC(C)CN(C(=O)c2ccc(=O)n(-c3ccc(F)cc3)c2)C1. The van der Waals surface area contributed by atoms with Gasteiger partial charge in [-0.3, -0.25) is 14.2 Å². The summed E-state index contributed by atoms with van der Waals surface area (Å²) in [7, 11) is 0. The van der Waals surface area contributed by atoms with Gasteiger partial charge in [-0.2, -0.15) is 0 Å². The van der Waals surface area contributed by atoms with Crippen molar-refractivity contribution in [1.82, 2.24) is 9.47 Å². The minimum Gasteiger partial charge on any atom is -0.338 e. The zero-order valence-corrected chi connectivity index (χ0v) is 13.9. The standard InChI is InChI=1S/C19H21FN2O2/c1-13-9-14(2)11-21(10-13)19(24)15-3-8-18(23)22(12-15)17-6-4-16(20)5-7-17/h3-8,12-14H,9-11H2,1-2H3. The lowest BCUT2D eigenvalue weighted by Gasteiger charge is -2.35. The van der Waals surface area contributed by atoms with Crippen molar-refractivity contribution in [3.63, 3.8) is 0 Å². The molecule has 0 saturated carbocycles. The Labute approximate surface area is 140 Å². The molecule has 3 rings (SSSR count). The van der Waals surface area contributed by atoms with Crippen LogP contribution in [0.4, 0.5) is 4.39 Å². The van der Waals surface area contributed by atoms with E-state index in [-0.39, 0.29) is 17.3 Å². The Kier molecular flexibility index (Phi) is 4.51. The number of halogens is 1. The average Bonchev–Trinajstić information content (AvgIpc) is 2.55. The Morgan fingerprint density at radius 2 is 1.67 bits per heavy atom. The largest absolute Gasteiger partial charge is 0.338 e. The Bertz CT molecular complexity index is 788. The van der Waals surface area contributed by atoms with Crippen LogP contribution < -0.4 is 5.56 Å². The lowest BCUT2D eigenvalue weighted by atomic mass is 9.91. The van der Waals surface area contributed by atoms with E-state index in [1.54, 1.807) is 12.3 Å². The van der Waals surface area contributed by atoms with Gasteiger partial charge in [0.1, 0.15) is 5.82 Å². The predicted octanol–water partition coefficient (Wildman–Crippen LogP) is 3.09. The van der Waals surface area contributed by atoms with Gasteiger partial charge in [0, 0.05) is 31.0 Å². The molecule has 1 aliphatic rings. The number of nitrogens with zero attached hydrogens (tertiary/aromatic N) is 2. The van der Waals surface area contributed by atoms with Crippen LogP contribution in [0, 0.1) is 17.7 Å². The summed E-state index contributed by atoms with van der Waals surface area (Å²) in [6, 6.07) is 8.59. The number of carbonyl (C=O) groups is 1. The van der Waals surface area contributed by atoms with Gasteiger partial charge in [-0.1, -0.05) is 13.8 Å². The lowest BCUT2D eigenvalue weighted by molar-refractivity contribution is 0.0622. The molecule has 24 heavy (non-hydrogen) atoms. The van der Waals surface area contributed by atoms with E-state index < -0.39 is 0 Å². The number of rotatable bonds is 2. The van der Waals surface area contributed by atoms with Crippen LogP contribution in [-0.2, 0) is 0 Å². The van der Waals surface area contributed by atoms with E-state index in [1.807, 2.05) is 4.90 Å². The van der Waals surface area contributed by atoms with Crippen LogP contribution >= 0.6 is 0 Å². The van der Waals surface area contributed by atoms with Crippen molar-refractivity contribution < 1.29 is 9.18 Å². The predicted molar refractivity (Wildman–Crippen MR) is 90.8 cm³/mol. The molecule has 0 spiro atoms. The van der Waals surface area contributed by atoms with Crippen molar-refractivity contribution in [2.75, 3.05) is 13.1 Å². The first-order valence-electron chi connectivity index (χ1n) is 8.22. The smallest absolute Gasteiger partial charge is 0.255 e. The molecule has 0 bridgehead atoms. The molecule has 5 heteroatoms. The molecule has 0 radical (unpaired) electrons. The topological polar surface area (TPSA) is 42.3 Å². The number of likely N-dealkylation sites (tertiary alicyclic amines) is 1. The minimum absolute atomic E-state index is 0.0655. The minimum atomic E-state index is -0.365. The van der Waals surface area contributed by atoms with Crippen LogP contribution in [0.25, 0.3) is 5.69 Å². The number of piperidine rings is 1. The zero-order chi connectivity index (χ0) is 17.3. The quantitative estimate of drug-likeness (QED) is 0.850. The third kappa shape index (κ3) is 3.40. The molecule has 1 amide bonds. The zero-order valence-electron chi connectivity index (χ0n) is 13.9. The number of aromatic nitrogens is 1. The Morgan fingerprint density at radius 3 is 2.29 bits per heavy atom. The van der Waals surface area contributed by atoms with E-state index in [1.165, 1.54) is 34.9 Å². The number of hydrogen-bond acceptors (Lipinski definition) is 2. The van der Waals surface area contributed by atoms with Crippen molar-refractivity contribution in [3.8, 4) is 5.69 Å². The van der Waals surface area contributed by atoms with Gasteiger partial charge in [-0.25, -0.2) is 4.39 Å². The van der Waals surface area contributed by atoms with Gasteiger partial charge in [0.25, 0.3) is 11.5 Å². The molecule has 2 unspecified atom stereocenters. The number of pyridine rings is 1. The third-order valence-electron chi connectivity index (χ3n) is 4.42. The van der Waals surface area contributed by atoms with Crippen LogP contribution in [0.3, 0.4) is 0 Å². The summed E-state index contributed by atoms with van der Waals surface area (Å²) in [4.78, 5) is 26.7. The van der Waals surface area contributed by atoms with Gasteiger partial charge >= 0.3 is 0 Å². The van der Waals surface area contributed by atoms with Crippen LogP contribution in [0.5, 0.6) is 0 Å². The second-order valence-electron chi connectivity index (χ2n) is 6.76. The van der Waals surface area contributed by atoms with Crippen LogP contribution in [0.2, 0.25) is 0 Å². The molecule has 126 valence electrons. The lowest BCUT2D eigenvalue weighted by Crippen LogP contribution is -2.42. The third-order valence-corrected chi connectivity index (χ3v) is 4.42. The van der Waals surface area contributed by atoms with Gasteiger partial charge in [0.2, 0.25) is 0 Å². The summed E-state index contributed by atoms with van der Waals surface area (Å²) in [6.07, 6.45) is 2.67.